The smallest absolute Gasteiger partial charge is 0.141 e. The molecule has 2 nitrogen and oxygen atoms in total. The molecule has 2 aromatic carbocycles. The first-order valence-electron chi connectivity index (χ1n) is 5.54. The Bertz CT molecular complexity index is 555. The molecule has 0 aromatic heterocycles. The summed E-state index contributed by atoms with van der Waals surface area (Å²) in [7, 11) is 0. The lowest BCUT2D eigenvalue weighted by Crippen LogP contribution is -2.04. The lowest BCUT2D eigenvalue weighted by atomic mass is 10.1. The van der Waals surface area contributed by atoms with Crippen LogP contribution in [0.4, 0.5) is 0 Å². The molecule has 0 heterocycles. The molecule has 0 aliphatic carbocycles. The van der Waals surface area contributed by atoms with Gasteiger partial charge >= 0.3 is 0 Å². The Balaban J connectivity index is 2.25. The number of ether oxygens (including phenoxy) is 1. The molecule has 1 unspecified atom stereocenters. The van der Waals surface area contributed by atoms with E-state index in [2.05, 4.69) is 31.9 Å². The zero-order chi connectivity index (χ0) is 13.1. The number of nitrogens with two attached hydrogens (primary N) is 1. The van der Waals surface area contributed by atoms with Crippen LogP contribution in [0.5, 0.6) is 11.5 Å². The number of halogens is 2. The molecule has 18 heavy (non-hydrogen) atoms. The van der Waals surface area contributed by atoms with E-state index in [4.69, 9.17) is 10.5 Å². The summed E-state index contributed by atoms with van der Waals surface area (Å²) in [6.07, 6.45) is 0. The fourth-order valence-corrected chi connectivity index (χ4v) is 2.67. The first kappa shape index (κ1) is 13.6. The topological polar surface area (TPSA) is 35.2 Å². The zero-order valence-electron chi connectivity index (χ0n) is 9.86. The van der Waals surface area contributed by atoms with Crippen molar-refractivity contribution < 1.29 is 4.74 Å². The van der Waals surface area contributed by atoms with Crippen molar-refractivity contribution >= 4 is 31.9 Å². The summed E-state index contributed by atoms with van der Waals surface area (Å²) in [5, 5.41) is 0. The molecule has 0 saturated heterocycles. The summed E-state index contributed by atoms with van der Waals surface area (Å²) >= 11 is 6.88. The second-order valence-electron chi connectivity index (χ2n) is 4.04. The van der Waals surface area contributed by atoms with Crippen molar-refractivity contribution in [2.75, 3.05) is 0 Å². The molecular formula is C14H13Br2NO. The van der Waals surface area contributed by atoms with Gasteiger partial charge in [-0.05, 0) is 58.7 Å². The van der Waals surface area contributed by atoms with E-state index in [1.807, 2.05) is 49.4 Å². The van der Waals surface area contributed by atoms with Gasteiger partial charge in [0, 0.05) is 10.5 Å². The normalized spacial score (nSPS) is 12.2. The molecule has 2 rings (SSSR count). The molecule has 0 bridgehead atoms. The van der Waals surface area contributed by atoms with E-state index in [9.17, 15) is 0 Å². The molecule has 94 valence electrons. The van der Waals surface area contributed by atoms with Crippen molar-refractivity contribution in [3.05, 3.63) is 57.0 Å². The lowest BCUT2D eigenvalue weighted by molar-refractivity contribution is 0.478. The molecule has 0 aliphatic heterocycles. The van der Waals surface area contributed by atoms with Gasteiger partial charge in [0.1, 0.15) is 11.5 Å². The van der Waals surface area contributed by atoms with E-state index in [0.29, 0.717) is 0 Å². The van der Waals surface area contributed by atoms with Crippen molar-refractivity contribution in [1.29, 1.82) is 0 Å². The van der Waals surface area contributed by atoms with Crippen LogP contribution in [0.25, 0.3) is 0 Å². The first-order chi connectivity index (χ1) is 8.56. The second kappa shape index (κ2) is 5.87. The van der Waals surface area contributed by atoms with Gasteiger partial charge in [0.05, 0.1) is 4.47 Å². The minimum atomic E-state index is 0.00177. The largest absolute Gasteiger partial charge is 0.456 e. The van der Waals surface area contributed by atoms with Crippen LogP contribution in [0.2, 0.25) is 0 Å². The average Bonchev–Trinajstić information content (AvgIpc) is 2.33. The maximum atomic E-state index is 5.85. The summed E-state index contributed by atoms with van der Waals surface area (Å²) < 4.78 is 7.74. The zero-order valence-corrected chi connectivity index (χ0v) is 13.0. The summed E-state index contributed by atoms with van der Waals surface area (Å²) in [6.45, 7) is 1.95. The van der Waals surface area contributed by atoms with Gasteiger partial charge in [-0.1, -0.05) is 28.1 Å². The van der Waals surface area contributed by atoms with Crippen LogP contribution in [0, 0.1) is 0 Å². The van der Waals surface area contributed by atoms with Gasteiger partial charge in [0.25, 0.3) is 0 Å². The highest BCUT2D eigenvalue weighted by atomic mass is 79.9. The number of hydrogen-bond acceptors (Lipinski definition) is 2. The Labute approximate surface area is 123 Å². The van der Waals surface area contributed by atoms with Crippen molar-refractivity contribution in [1.82, 2.24) is 0 Å². The van der Waals surface area contributed by atoms with Crippen LogP contribution in [0.15, 0.2) is 51.4 Å². The van der Waals surface area contributed by atoms with Crippen molar-refractivity contribution in [2.24, 2.45) is 5.73 Å². The molecule has 4 heteroatoms. The van der Waals surface area contributed by atoms with Gasteiger partial charge < -0.3 is 10.5 Å². The highest BCUT2D eigenvalue weighted by Gasteiger charge is 2.05. The van der Waals surface area contributed by atoms with E-state index in [-0.39, 0.29) is 6.04 Å². The molecule has 0 fully saturated rings. The predicted molar refractivity (Wildman–Crippen MR) is 81.0 cm³/mol. The molecular weight excluding hydrogens is 358 g/mol. The Morgan fingerprint density at radius 2 is 1.89 bits per heavy atom. The van der Waals surface area contributed by atoms with Crippen LogP contribution >= 0.6 is 31.9 Å². The highest BCUT2D eigenvalue weighted by Crippen LogP contribution is 2.32. The molecule has 0 amide bonds. The van der Waals surface area contributed by atoms with Gasteiger partial charge in [-0.3, -0.25) is 0 Å². The average molecular weight is 371 g/mol. The van der Waals surface area contributed by atoms with Crippen LogP contribution < -0.4 is 10.5 Å². The SMILES string of the molecule is CC(N)c1cccc(Oc2ccc(Br)cc2Br)c1. The summed E-state index contributed by atoms with van der Waals surface area (Å²) in [4.78, 5) is 0. The van der Waals surface area contributed by atoms with Crippen molar-refractivity contribution in [3.8, 4) is 11.5 Å². The van der Waals surface area contributed by atoms with E-state index in [1.165, 1.54) is 0 Å². The minimum absolute atomic E-state index is 0.00177. The molecule has 0 spiro atoms. The third kappa shape index (κ3) is 3.34. The summed E-state index contributed by atoms with van der Waals surface area (Å²) in [6, 6.07) is 13.6. The molecule has 0 saturated carbocycles. The van der Waals surface area contributed by atoms with Crippen LogP contribution in [0.1, 0.15) is 18.5 Å². The molecule has 0 radical (unpaired) electrons. The third-order valence-corrected chi connectivity index (χ3v) is 3.62. The lowest BCUT2D eigenvalue weighted by Gasteiger charge is -2.11. The van der Waals surface area contributed by atoms with Crippen molar-refractivity contribution in [2.45, 2.75) is 13.0 Å². The number of benzene rings is 2. The second-order valence-corrected chi connectivity index (χ2v) is 5.81. The highest BCUT2D eigenvalue weighted by molar-refractivity contribution is 9.11. The van der Waals surface area contributed by atoms with E-state index >= 15 is 0 Å². The first-order valence-corrected chi connectivity index (χ1v) is 7.13. The van der Waals surface area contributed by atoms with Gasteiger partial charge in [-0.15, -0.1) is 0 Å². The molecule has 0 aliphatic rings. The fraction of sp³-hybridized carbons (Fsp3) is 0.143. The third-order valence-electron chi connectivity index (χ3n) is 2.51. The van der Waals surface area contributed by atoms with Crippen LogP contribution in [-0.4, -0.2) is 0 Å². The van der Waals surface area contributed by atoms with Gasteiger partial charge in [-0.25, -0.2) is 0 Å². The predicted octanol–water partition coefficient (Wildman–Crippen LogP) is 5.02. The van der Waals surface area contributed by atoms with Gasteiger partial charge in [0.2, 0.25) is 0 Å². The Morgan fingerprint density at radius 3 is 2.56 bits per heavy atom. The Morgan fingerprint density at radius 1 is 1.11 bits per heavy atom. The van der Waals surface area contributed by atoms with E-state index in [1.54, 1.807) is 0 Å². The molecule has 2 aromatic rings. The Hall–Kier alpha value is -0.840. The van der Waals surface area contributed by atoms with Crippen LogP contribution in [0.3, 0.4) is 0 Å². The summed E-state index contributed by atoms with van der Waals surface area (Å²) in [5.74, 6) is 1.56. The van der Waals surface area contributed by atoms with Crippen molar-refractivity contribution in [3.63, 3.8) is 0 Å². The number of rotatable bonds is 3. The monoisotopic (exact) mass is 369 g/mol. The maximum Gasteiger partial charge on any atom is 0.141 e. The summed E-state index contributed by atoms with van der Waals surface area (Å²) in [5.41, 5.74) is 6.91. The standard InChI is InChI=1S/C14H13Br2NO/c1-9(17)10-3-2-4-12(7-10)18-14-6-5-11(15)8-13(14)16/h2-9H,17H2,1H3. The quantitative estimate of drug-likeness (QED) is 0.822. The van der Waals surface area contributed by atoms with E-state index < -0.39 is 0 Å². The van der Waals surface area contributed by atoms with Gasteiger partial charge in [0.15, 0.2) is 0 Å². The van der Waals surface area contributed by atoms with Gasteiger partial charge in [-0.2, -0.15) is 0 Å². The van der Waals surface area contributed by atoms with E-state index in [0.717, 1.165) is 26.0 Å². The minimum Gasteiger partial charge on any atom is -0.456 e. The number of hydrogen-bond donors (Lipinski definition) is 1. The fourth-order valence-electron chi connectivity index (χ4n) is 1.55. The van der Waals surface area contributed by atoms with Crippen LogP contribution in [-0.2, 0) is 0 Å². The Kier molecular flexibility index (Phi) is 4.43. The molecule has 2 N–H and O–H groups in total. The molecule has 1 atom stereocenters. The maximum absolute atomic E-state index is 5.85.